The molecule has 2 aromatic carbocycles. The highest BCUT2D eigenvalue weighted by atomic mass is 19.1. The molecule has 3 nitrogen and oxygen atoms in total. The normalized spacial score (nSPS) is 17.1. The summed E-state index contributed by atoms with van der Waals surface area (Å²) in [4.78, 5) is 7.27. The summed E-state index contributed by atoms with van der Waals surface area (Å²) in [5, 5.41) is 0. The molecule has 1 atom stereocenters. The molecule has 0 N–H and O–H groups in total. The number of likely N-dealkylation sites (tertiary alicyclic amines) is 1. The Bertz CT molecular complexity index is 881. The summed E-state index contributed by atoms with van der Waals surface area (Å²) in [5.74, 6) is 1.93. The average Bonchev–Trinajstić information content (AvgIpc) is 3.10. The lowest BCUT2D eigenvalue weighted by Crippen LogP contribution is -2.35. The highest BCUT2D eigenvalue weighted by molar-refractivity contribution is 5.60. The summed E-state index contributed by atoms with van der Waals surface area (Å²) in [6.45, 7) is 6.16. The van der Waals surface area contributed by atoms with Gasteiger partial charge in [0.25, 0.3) is 0 Å². The van der Waals surface area contributed by atoms with Crippen LogP contribution in [0.5, 0.6) is 0 Å². The van der Waals surface area contributed by atoms with E-state index >= 15 is 0 Å². The Morgan fingerprint density at radius 2 is 1.70 bits per heavy atom. The Morgan fingerprint density at radius 3 is 2.37 bits per heavy atom. The Hall–Kier alpha value is -2.46. The standard InChI is InChI=1S/C23H25FN2O/c1-16(18-8-10-21(24)11-9-18)26-14-12-20(13-15-26)23-25-22(17(2)27-23)19-6-4-3-5-7-19/h3-11,16,20H,12-15H2,1-2H3. The Labute approximate surface area is 159 Å². The predicted molar refractivity (Wildman–Crippen MR) is 105 cm³/mol. The largest absolute Gasteiger partial charge is 0.445 e. The van der Waals surface area contributed by atoms with Crippen molar-refractivity contribution in [2.24, 2.45) is 0 Å². The summed E-state index contributed by atoms with van der Waals surface area (Å²) < 4.78 is 19.2. The molecule has 0 amide bonds. The molecule has 1 aliphatic rings. The van der Waals surface area contributed by atoms with Crippen LogP contribution in [0.1, 0.15) is 48.9 Å². The molecule has 1 unspecified atom stereocenters. The van der Waals surface area contributed by atoms with Crippen molar-refractivity contribution in [3.63, 3.8) is 0 Å². The van der Waals surface area contributed by atoms with E-state index in [1.807, 2.05) is 37.3 Å². The molecule has 0 saturated carbocycles. The van der Waals surface area contributed by atoms with E-state index < -0.39 is 0 Å². The SMILES string of the molecule is Cc1oc(C2CCN(C(C)c3ccc(F)cc3)CC2)nc1-c1ccccc1. The van der Waals surface area contributed by atoms with E-state index in [2.05, 4.69) is 24.0 Å². The van der Waals surface area contributed by atoms with Crippen LogP contribution >= 0.6 is 0 Å². The number of halogens is 1. The monoisotopic (exact) mass is 364 g/mol. The number of hydrogen-bond donors (Lipinski definition) is 0. The van der Waals surface area contributed by atoms with Crippen molar-refractivity contribution in [3.05, 3.63) is 77.6 Å². The second kappa shape index (κ2) is 7.65. The molecule has 140 valence electrons. The zero-order chi connectivity index (χ0) is 18.8. The van der Waals surface area contributed by atoms with Gasteiger partial charge in [-0.2, -0.15) is 0 Å². The number of piperidine rings is 1. The van der Waals surface area contributed by atoms with Gasteiger partial charge in [0.15, 0.2) is 5.89 Å². The minimum atomic E-state index is -0.182. The summed E-state index contributed by atoms with van der Waals surface area (Å²) in [7, 11) is 0. The maximum atomic E-state index is 13.2. The van der Waals surface area contributed by atoms with Gasteiger partial charge < -0.3 is 4.42 Å². The Morgan fingerprint density at radius 1 is 1.04 bits per heavy atom. The number of benzene rings is 2. The van der Waals surface area contributed by atoms with Crippen LogP contribution in [-0.4, -0.2) is 23.0 Å². The van der Waals surface area contributed by atoms with Crippen molar-refractivity contribution >= 4 is 0 Å². The van der Waals surface area contributed by atoms with Gasteiger partial charge in [-0.1, -0.05) is 42.5 Å². The highest BCUT2D eigenvalue weighted by Crippen LogP contribution is 2.34. The van der Waals surface area contributed by atoms with Crippen LogP contribution in [0.15, 0.2) is 59.0 Å². The quantitative estimate of drug-likeness (QED) is 0.592. The Kier molecular flexibility index (Phi) is 5.08. The van der Waals surface area contributed by atoms with Crippen molar-refractivity contribution in [2.75, 3.05) is 13.1 Å². The number of nitrogens with zero attached hydrogens (tertiary/aromatic N) is 2. The Balaban J connectivity index is 1.43. The van der Waals surface area contributed by atoms with Crippen molar-refractivity contribution in [1.82, 2.24) is 9.88 Å². The van der Waals surface area contributed by atoms with Gasteiger partial charge >= 0.3 is 0 Å². The summed E-state index contributed by atoms with van der Waals surface area (Å²) in [5.41, 5.74) is 3.22. The first-order valence-corrected chi connectivity index (χ1v) is 9.64. The molecule has 3 aromatic rings. The van der Waals surface area contributed by atoms with Crippen LogP contribution < -0.4 is 0 Å². The van der Waals surface area contributed by atoms with E-state index in [1.54, 1.807) is 12.1 Å². The minimum Gasteiger partial charge on any atom is -0.445 e. The molecule has 2 heterocycles. The maximum Gasteiger partial charge on any atom is 0.198 e. The van der Waals surface area contributed by atoms with E-state index in [0.717, 1.165) is 54.4 Å². The lowest BCUT2D eigenvalue weighted by atomic mass is 9.94. The van der Waals surface area contributed by atoms with Gasteiger partial charge in [0.05, 0.1) is 0 Å². The fourth-order valence-corrected chi connectivity index (χ4v) is 3.94. The highest BCUT2D eigenvalue weighted by Gasteiger charge is 2.28. The first kappa shape index (κ1) is 17.9. The van der Waals surface area contributed by atoms with Gasteiger partial charge in [0.2, 0.25) is 0 Å². The van der Waals surface area contributed by atoms with Gasteiger partial charge in [-0.3, -0.25) is 4.90 Å². The molecule has 1 aliphatic heterocycles. The predicted octanol–water partition coefficient (Wildman–Crippen LogP) is 5.73. The van der Waals surface area contributed by atoms with Gasteiger partial charge in [-0.25, -0.2) is 9.37 Å². The lowest BCUT2D eigenvalue weighted by Gasteiger charge is -2.35. The molecule has 0 bridgehead atoms. The zero-order valence-corrected chi connectivity index (χ0v) is 15.9. The van der Waals surface area contributed by atoms with E-state index in [-0.39, 0.29) is 11.9 Å². The molecule has 27 heavy (non-hydrogen) atoms. The molecule has 1 aromatic heterocycles. The minimum absolute atomic E-state index is 0.182. The smallest absolute Gasteiger partial charge is 0.198 e. The number of aryl methyl sites for hydroxylation is 1. The molecular weight excluding hydrogens is 339 g/mol. The van der Waals surface area contributed by atoms with Crippen molar-refractivity contribution in [1.29, 1.82) is 0 Å². The zero-order valence-electron chi connectivity index (χ0n) is 15.9. The average molecular weight is 364 g/mol. The topological polar surface area (TPSA) is 29.3 Å². The lowest BCUT2D eigenvalue weighted by molar-refractivity contribution is 0.154. The van der Waals surface area contributed by atoms with Crippen LogP contribution in [-0.2, 0) is 0 Å². The number of hydrogen-bond acceptors (Lipinski definition) is 3. The summed E-state index contributed by atoms with van der Waals surface area (Å²) in [6.07, 6.45) is 2.05. The van der Waals surface area contributed by atoms with E-state index in [4.69, 9.17) is 9.40 Å². The van der Waals surface area contributed by atoms with Crippen molar-refractivity contribution < 1.29 is 8.81 Å². The van der Waals surface area contributed by atoms with E-state index in [1.165, 1.54) is 0 Å². The molecule has 4 rings (SSSR count). The fourth-order valence-electron chi connectivity index (χ4n) is 3.94. The van der Waals surface area contributed by atoms with Gasteiger partial charge in [0.1, 0.15) is 17.3 Å². The first-order valence-electron chi connectivity index (χ1n) is 9.64. The second-order valence-electron chi connectivity index (χ2n) is 7.36. The second-order valence-corrected chi connectivity index (χ2v) is 7.36. The third-order valence-electron chi connectivity index (χ3n) is 5.64. The summed E-state index contributed by atoms with van der Waals surface area (Å²) in [6, 6.07) is 17.3. The fraction of sp³-hybridized carbons (Fsp3) is 0.348. The number of oxazole rings is 1. The third-order valence-corrected chi connectivity index (χ3v) is 5.64. The maximum absolute atomic E-state index is 13.2. The van der Waals surface area contributed by atoms with Crippen LogP contribution in [0.2, 0.25) is 0 Å². The molecular formula is C23H25FN2O. The molecule has 1 saturated heterocycles. The summed E-state index contributed by atoms with van der Waals surface area (Å²) >= 11 is 0. The van der Waals surface area contributed by atoms with Crippen LogP contribution in [0.25, 0.3) is 11.3 Å². The van der Waals surface area contributed by atoms with Crippen molar-refractivity contribution in [2.45, 2.75) is 38.6 Å². The molecule has 0 aliphatic carbocycles. The van der Waals surface area contributed by atoms with Gasteiger partial charge in [-0.05, 0) is 57.5 Å². The third kappa shape index (κ3) is 3.81. The molecule has 1 fully saturated rings. The van der Waals surface area contributed by atoms with Crippen molar-refractivity contribution in [3.8, 4) is 11.3 Å². The number of aromatic nitrogens is 1. The van der Waals surface area contributed by atoms with Crippen LogP contribution in [0, 0.1) is 12.7 Å². The van der Waals surface area contributed by atoms with Crippen LogP contribution in [0.3, 0.4) is 0 Å². The molecule has 0 spiro atoms. The van der Waals surface area contributed by atoms with E-state index in [0.29, 0.717) is 5.92 Å². The number of rotatable bonds is 4. The molecule has 0 radical (unpaired) electrons. The van der Waals surface area contributed by atoms with Gasteiger partial charge in [-0.15, -0.1) is 0 Å². The van der Waals surface area contributed by atoms with Gasteiger partial charge in [0, 0.05) is 17.5 Å². The van der Waals surface area contributed by atoms with E-state index in [9.17, 15) is 4.39 Å². The first-order chi connectivity index (χ1) is 13.1. The molecule has 4 heteroatoms. The van der Waals surface area contributed by atoms with Crippen LogP contribution in [0.4, 0.5) is 4.39 Å².